The smallest absolute Gasteiger partial charge is 0.244 e. The zero-order chi connectivity index (χ0) is 22.1. The maximum atomic E-state index is 9.93. The van der Waals surface area contributed by atoms with Gasteiger partial charge < -0.3 is 15.2 Å². The van der Waals surface area contributed by atoms with Gasteiger partial charge in [-0.05, 0) is 47.0 Å². The van der Waals surface area contributed by atoms with Gasteiger partial charge in [0.2, 0.25) is 11.8 Å². The van der Waals surface area contributed by atoms with E-state index in [2.05, 4.69) is 47.5 Å². The van der Waals surface area contributed by atoms with Crippen LogP contribution in [-0.4, -0.2) is 16.8 Å². The van der Waals surface area contributed by atoms with Crippen LogP contribution in [0.3, 0.4) is 0 Å². The van der Waals surface area contributed by atoms with Crippen molar-refractivity contribution in [3.05, 3.63) is 89.3 Å². The number of nitriles is 1. The van der Waals surface area contributed by atoms with E-state index in [1.54, 1.807) is 0 Å². The van der Waals surface area contributed by atoms with Crippen LogP contribution in [0.25, 0.3) is 22.0 Å². The molecule has 0 amide bonds. The third kappa shape index (κ3) is 3.34. The number of allylic oxidation sites excluding steroid dienone is 1. The summed E-state index contributed by atoms with van der Waals surface area (Å²) in [6.07, 6.45) is 0.950. The predicted octanol–water partition coefficient (Wildman–Crippen LogP) is 5.24. The van der Waals surface area contributed by atoms with Crippen LogP contribution in [0.15, 0.2) is 78.2 Å². The topological polar surface area (TPSA) is 97.0 Å². The molecule has 6 heteroatoms. The Morgan fingerprint density at radius 3 is 2.62 bits per heavy atom. The number of ether oxygens (including phenoxy) is 2. The summed E-state index contributed by atoms with van der Waals surface area (Å²) in [5.74, 6) is 0.895. The van der Waals surface area contributed by atoms with Crippen molar-refractivity contribution in [1.82, 2.24) is 10.2 Å². The minimum Gasteiger partial charge on any atom is -0.494 e. The summed E-state index contributed by atoms with van der Waals surface area (Å²) in [6.45, 7) is 2.75. The molecule has 0 unspecified atom stereocenters. The van der Waals surface area contributed by atoms with E-state index in [1.807, 2.05) is 42.5 Å². The molecule has 1 aliphatic rings. The second kappa shape index (κ2) is 8.12. The van der Waals surface area contributed by atoms with Crippen LogP contribution in [0.1, 0.15) is 30.4 Å². The zero-order valence-electron chi connectivity index (χ0n) is 17.6. The Labute approximate surface area is 185 Å². The number of hydrogen-bond donors (Lipinski definition) is 2. The van der Waals surface area contributed by atoms with E-state index < -0.39 is 5.92 Å². The fraction of sp³-hybridized carbons (Fsp3) is 0.154. The van der Waals surface area contributed by atoms with Crippen LogP contribution in [0.4, 0.5) is 0 Å². The molecule has 1 atom stereocenters. The highest BCUT2D eigenvalue weighted by Gasteiger charge is 2.35. The van der Waals surface area contributed by atoms with Gasteiger partial charge in [0.25, 0.3) is 0 Å². The molecular formula is C26H22N4O2. The van der Waals surface area contributed by atoms with Crippen molar-refractivity contribution < 1.29 is 9.47 Å². The molecule has 0 spiro atoms. The van der Waals surface area contributed by atoms with E-state index in [1.165, 1.54) is 0 Å². The molecule has 3 aromatic carbocycles. The fourth-order valence-electron chi connectivity index (χ4n) is 4.12. The maximum Gasteiger partial charge on any atom is 0.244 e. The van der Waals surface area contributed by atoms with Gasteiger partial charge in [-0.25, -0.2) is 0 Å². The second-order valence-corrected chi connectivity index (χ2v) is 7.72. The minimum atomic E-state index is -0.391. The number of nitrogens with zero attached hydrogens (tertiary/aromatic N) is 2. The van der Waals surface area contributed by atoms with Gasteiger partial charge in [0, 0.05) is 5.56 Å². The molecule has 0 saturated heterocycles. The Bertz CT molecular complexity index is 1360. The van der Waals surface area contributed by atoms with E-state index in [0.29, 0.717) is 18.1 Å². The number of nitrogens with two attached hydrogens (primary N) is 1. The van der Waals surface area contributed by atoms with Crippen molar-refractivity contribution in [1.29, 1.82) is 5.26 Å². The van der Waals surface area contributed by atoms with E-state index in [-0.39, 0.29) is 5.88 Å². The molecule has 6 nitrogen and oxygen atoms in total. The first-order chi connectivity index (χ1) is 15.7. The van der Waals surface area contributed by atoms with Gasteiger partial charge in [0.15, 0.2) is 0 Å². The first-order valence-corrected chi connectivity index (χ1v) is 10.6. The van der Waals surface area contributed by atoms with Crippen molar-refractivity contribution in [2.45, 2.75) is 19.3 Å². The summed E-state index contributed by atoms with van der Waals surface area (Å²) in [4.78, 5) is 0. The lowest BCUT2D eigenvalue weighted by molar-refractivity contribution is 0.317. The molecule has 5 rings (SSSR count). The average Bonchev–Trinajstić information content (AvgIpc) is 3.25. The predicted molar refractivity (Wildman–Crippen MR) is 123 cm³/mol. The Morgan fingerprint density at radius 1 is 1.09 bits per heavy atom. The van der Waals surface area contributed by atoms with Crippen molar-refractivity contribution in [2.24, 2.45) is 5.73 Å². The zero-order valence-corrected chi connectivity index (χ0v) is 17.6. The number of nitrogens with one attached hydrogen (secondary N) is 1. The van der Waals surface area contributed by atoms with Crippen LogP contribution < -0.4 is 15.2 Å². The summed E-state index contributed by atoms with van der Waals surface area (Å²) in [7, 11) is 0. The summed E-state index contributed by atoms with van der Waals surface area (Å²) in [5.41, 5.74) is 9.97. The van der Waals surface area contributed by atoms with Crippen molar-refractivity contribution in [3.8, 4) is 29.0 Å². The van der Waals surface area contributed by atoms with Crippen LogP contribution in [0.2, 0.25) is 0 Å². The SMILES string of the molecule is CCCOc1ccc(-c2[nH]nc3c2[C@H](c2ccc4ccccc4c2)C(C#N)=C(N)O3)cc1. The number of aromatic nitrogens is 2. The Kier molecular flexibility index (Phi) is 5.00. The van der Waals surface area contributed by atoms with Crippen molar-refractivity contribution in [2.75, 3.05) is 6.61 Å². The highest BCUT2D eigenvalue weighted by molar-refractivity contribution is 5.84. The van der Waals surface area contributed by atoms with Gasteiger partial charge >= 0.3 is 0 Å². The molecule has 0 bridgehead atoms. The lowest BCUT2D eigenvalue weighted by Crippen LogP contribution is -2.21. The number of H-pyrrole nitrogens is 1. The molecule has 158 valence electrons. The van der Waals surface area contributed by atoms with E-state index in [0.717, 1.165) is 45.3 Å². The van der Waals surface area contributed by atoms with Gasteiger partial charge in [0.05, 0.1) is 23.8 Å². The number of benzene rings is 3. The third-order valence-electron chi connectivity index (χ3n) is 5.66. The summed E-state index contributed by atoms with van der Waals surface area (Å²) in [5, 5.41) is 19.6. The molecule has 0 aliphatic carbocycles. The molecule has 0 fully saturated rings. The molecule has 1 aromatic heterocycles. The minimum absolute atomic E-state index is 0.0829. The van der Waals surface area contributed by atoms with Gasteiger partial charge in [0.1, 0.15) is 17.4 Å². The fourth-order valence-corrected chi connectivity index (χ4v) is 4.12. The normalized spacial score (nSPS) is 15.2. The van der Waals surface area contributed by atoms with Gasteiger partial charge in [-0.2, -0.15) is 5.26 Å². The standard InChI is InChI=1S/C26H22N4O2/c1-2-13-31-20-11-9-17(10-12-20)24-23-22(21(15-27)25(28)32-26(23)30-29-24)19-8-7-16-5-3-4-6-18(16)14-19/h3-12,14,22H,2,13,28H2,1H3,(H,29,30)/t22-/m1/s1. The van der Waals surface area contributed by atoms with Crippen LogP contribution in [0.5, 0.6) is 11.6 Å². The third-order valence-corrected chi connectivity index (χ3v) is 5.66. The van der Waals surface area contributed by atoms with E-state index in [4.69, 9.17) is 15.2 Å². The maximum absolute atomic E-state index is 9.93. The van der Waals surface area contributed by atoms with E-state index in [9.17, 15) is 5.26 Å². The largest absolute Gasteiger partial charge is 0.494 e. The highest BCUT2D eigenvalue weighted by Crippen LogP contribution is 2.46. The van der Waals surface area contributed by atoms with Crippen molar-refractivity contribution >= 4 is 10.8 Å². The van der Waals surface area contributed by atoms with Crippen molar-refractivity contribution in [3.63, 3.8) is 0 Å². The average molecular weight is 422 g/mol. The summed E-state index contributed by atoms with van der Waals surface area (Å²) < 4.78 is 11.4. The number of rotatable bonds is 5. The van der Waals surface area contributed by atoms with Gasteiger partial charge in [-0.3, -0.25) is 5.10 Å². The lowest BCUT2D eigenvalue weighted by atomic mass is 9.82. The quantitative estimate of drug-likeness (QED) is 0.459. The number of aromatic amines is 1. The van der Waals surface area contributed by atoms with Crippen LogP contribution >= 0.6 is 0 Å². The molecule has 4 aromatic rings. The van der Waals surface area contributed by atoms with E-state index >= 15 is 0 Å². The van der Waals surface area contributed by atoms with Crippen LogP contribution in [0, 0.1) is 11.3 Å². The monoisotopic (exact) mass is 422 g/mol. The van der Waals surface area contributed by atoms with Gasteiger partial charge in [-0.15, -0.1) is 5.10 Å². The molecular weight excluding hydrogens is 400 g/mol. The molecule has 0 saturated carbocycles. The molecule has 32 heavy (non-hydrogen) atoms. The number of hydrogen-bond acceptors (Lipinski definition) is 5. The molecule has 3 N–H and O–H groups in total. The molecule has 0 radical (unpaired) electrons. The highest BCUT2D eigenvalue weighted by atomic mass is 16.5. The first kappa shape index (κ1) is 19.7. The van der Waals surface area contributed by atoms with Crippen LogP contribution in [-0.2, 0) is 0 Å². The molecule has 2 heterocycles. The Balaban J connectivity index is 1.63. The number of fused-ring (bicyclic) bond motifs is 2. The molecule has 1 aliphatic heterocycles. The lowest BCUT2D eigenvalue weighted by Gasteiger charge is -2.24. The Morgan fingerprint density at radius 2 is 1.88 bits per heavy atom. The summed E-state index contributed by atoms with van der Waals surface area (Å²) >= 11 is 0. The first-order valence-electron chi connectivity index (χ1n) is 10.6. The van der Waals surface area contributed by atoms with Gasteiger partial charge in [-0.1, -0.05) is 49.4 Å². The Hall–Kier alpha value is -4.24. The summed E-state index contributed by atoms with van der Waals surface area (Å²) in [6, 6.07) is 24.4. The second-order valence-electron chi connectivity index (χ2n) is 7.72.